The molecule has 0 radical (unpaired) electrons. The van der Waals surface area contributed by atoms with Crippen LogP contribution in [0.4, 0.5) is 15.9 Å². The highest BCUT2D eigenvalue weighted by atomic mass is 35.5. The molecule has 0 atom stereocenters. The number of ether oxygens (including phenoxy) is 1. The van der Waals surface area contributed by atoms with E-state index in [0.717, 1.165) is 11.3 Å². The average Bonchev–Trinajstić information content (AvgIpc) is 3.20. The molecule has 5 aromatic rings. The molecule has 204 valence electrons. The molecule has 40 heavy (non-hydrogen) atoms. The van der Waals surface area contributed by atoms with Crippen LogP contribution < -0.4 is 15.8 Å². The van der Waals surface area contributed by atoms with E-state index in [4.69, 9.17) is 22.1 Å². The highest BCUT2D eigenvalue weighted by Gasteiger charge is 2.27. The number of benzene rings is 2. The Bertz CT molecular complexity index is 1760. The number of nitrogen functional groups attached to an aromatic ring is 1. The Balaban J connectivity index is 1.63. The van der Waals surface area contributed by atoms with Gasteiger partial charge >= 0.3 is 6.01 Å². The van der Waals surface area contributed by atoms with Crippen LogP contribution in [0.15, 0.2) is 55.0 Å². The number of rotatable bonds is 5. The summed E-state index contributed by atoms with van der Waals surface area (Å²) in [6.07, 6.45) is 3.00. The van der Waals surface area contributed by atoms with Crippen LogP contribution in [0.3, 0.4) is 0 Å². The van der Waals surface area contributed by atoms with Crippen molar-refractivity contribution in [3.05, 3.63) is 71.5 Å². The van der Waals surface area contributed by atoms with Crippen LogP contribution in [-0.4, -0.2) is 30.4 Å². The van der Waals surface area contributed by atoms with Crippen molar-refractivity contribution in [2.45, 2.75) is 27.7 Å². The Morgan fingerprint density at radius 3 is 2.48 bits per heavy atom. The number of halogens is 2. The number of anilines is 2. The first-order chi connectivity index (χ1) is 19.0. The van der Waals surface area contributed by atoms with Gasteiger partial charge in [0.25, 0.3) is 0 Å². The molecule has 9 nitrogen and oxygen atoms in total. The minimum atomic E-state index is -0.742. The molecule has 1 amide bonds. The van der Waals surface area contributed by atoms with Crippen molar-refractivity contribution in [1.29, 1.82) is 0 Å². The van der Waals surface area contributed by atoms with Crippen LogP contribution >= 0.6 is 11.6 Å². The summed E-state index contributed by atoms with van der Waals surface area (Å²) < 4.78 is 23.1. The molecule has 3 heterocycles. The monoisotopic (exact) mass is 559 g/mol. The Labute approximate surface area is 235 Å². The molecule has 0 fully saturated rings. The first-order valence-electron chi connectivity index (χ1n) is 12.4. The second-order valence-electron chi connectivity index (χ2n) is 10.3. The van der Waals surface area contributed by atoms with Gasteiger partial charge < -0.3 is 20.4 Å². The predicted octanol–water partition coefficient (Wildman–Crippen LogP) is 6.55. The molecule has 0 unspecified atom stereocenters. The third-order valence-electron chi connectivity index (χ3n) is 6.39. The summed E-state index contributed by atoms with van der Waals surface area (Å²) in [5.74, 6) is -0.278. The second-order valence-corrected chi connectivity index (χ2v) is 10.7. The summed E-state index contributed by atoms with van der Waals surface area (Å²) in [7, 11) is 1.80. The van der Waals surface area contributed by atoms with Crippen LogP contribution in [0, 0.1) is 18.2 Å². The molecule has 0 saturated carbocycles. The minimum Gasteiger partial charge on any atom is -0.424 e. The summed E-state index contributed by atoms with van der Waals surface area (Å²) >= 11 is 6.62. The van der Waals surface area contributed by atoms with Gasteiger partial charge in [-0.05, 0) is 42.8 Å². The second kappa shape index (κ2) is 10.2. The summed E-state index contributed by atoms with van der Waals surface area (Å²) in [4.78, 5) is 29.5. The maximum atomic E-state index is 15.5. The number of amides is 1. The average molecular weight is 560 g/mol. The topological polar surface area (TPSA) is 121 Å². The van der Waals surface area contributed by atoms with E-state index in [9.17, 15) is 4.79 Å². The standard InChI is InChI=1S/C29H27ClFN7O2/c1-15-12-13-33-28(36-15)40-17-8-6-16(7-9-17)20-21-25(32)34-14-35-26(21)38(5)24(20)18-10-11-19(23(31)22(18)30)37-27(39)29(2,3)4/h6-14H,1-5H3,(H,37,39)(H2,32,34,35). The Morgan fingerprint density at radius 2 is 1.80 bits per heavy atom. The van der Waals surface area contributed by atoms with Crippen molar-refractivity contribution in [1.82, 2.24) is 24.5 Å². The van der Waals surface area contributed by atoms with Gasteiger partial charge in [0.1, 0.15) is 23.5 Å². The van der Waals surface area contributed by atoms with Gasteiger partial charge in [-0.1, -0.05) is 44.5 Å². The fourth-order valence-electron chi connectivity index (χ4n) is 4.28. The van der Waals surface area contributed by atoms with E-state index in [1.165, 1.54) is 12.4 Å². The zero-order valence-electron chi connectivity index (χ0n) is 22.6. The van der Waals surface area contributed by atoms with Crippen molar-refractivity contribution in [2.75, 3.05) is 11.1 Å². The molecular weight excluding hydrogens is 533 g/mol. The number of carbonyl (C=O) groups is 1. The molecule has 5 rings (SSSR count). The summed E-state index contributed by atoms with van der Waals surface area (Å²) in [6, 6.07) is 12.4. The highest BCUT2D eigenvalue weighted by Crippen LogP contribution is 2.45. The number of nitrogens with two attached hydrogens (primary N) is 1. The maximum absolute atomic E-state index is 15.5. The lowest BCUT2D eigenvalue weighted by molar-refractivity contribution is -0.123. The maximum Gasteiger partial charge on any atom is 0.322 e. The number of hydrogen-bond donors (Lipinski definition) is 2. The lowest BCUT2D eigenvalue weighted by Gasteiger charge is -2.19. The van der Waals surface area contributed by atoms with Gasteiger partial charge in [0.15, 0.2) is 5.82 Å². The predicted molar refractivity (Wildman–Crippen MR) is 154 cm³/mol. The minimum absolute atomic E-state index is 0.00633. The summed E-state index contributed by atoms with van der Waals surface area (Å²) in [6.45, 7) is 7.08. The summed E-state index contributed by atoms with van der Waals surface area (Å²) in [5, 5.41) is 3.07. The number of fused-ring (bicyclic) bond motifs is 1. The van der Waals surface area contributed by atoms with Crippen molar-refractivity contribution < 1.29 is 13.9 Å². The van der Waals surface area contributed by atoms with E-state index in [0.29, 0.717) is 33.6 Å². The van der Waals surface area contributed by atoms with Gasteiger partial charge in [0.2, 0.25) is 5.91 Å². The van der Waals surface area contributed by atoms with E-state index in [-0.39, 0.29) is 28.4 Å². The van der Waals surface area contributed by atoms with Crippen LogP contribution in [0.2, 0.25) is 5.02 Å². The largest absolute Gasteiger partial charge is 0.424 e. The number of aromatic nitrogens is 5. The van der Waals surface area contributed by atoms with Crippen LogP contribution in [-0.2, 0) is 11.8 Å². The number of aryl methyl sites for hydroxylation is 2. The highest BCUT2D eigenvalue weighted by molar-refractivity contribution is 6.34. The molecule has 0 aliphatic carbocycles. The van der Waals surface area contributed by atoms with Gasteiger partial charge in [-0.2, -0.15) is 0 Å². The van der Waals surface area contributed by atoms with Crippen LogP contribution in [0.1, 0.15) is 26.5 Å². The molecule has 11 heteroatoms. The number of hydrogen-bond acceptors (Lipinski definition) is 7. The van der Waals surface area contributed by atoms with Gasteiger partial charge in [0.05, 0.1) is 21.8 Å². The van der Waals surface area contributed by atoms with Crippen molar-refractivity contribution in [3.8, 4) is 34.1 Å². The van der Waals surface area contributed by atoms with E-state index in [1.54, 1.807) is 62.8 Å². The van der Waals surface area contributed by atoms with E-state index in [1.807, 2.05) is 19.1 Å². The van der Waals surface area contributed by atoms with Crippen LogP contribution in [0.25, 0.3) is 33.4 Å². The molecule has 0 aliphatic rings. The van der Waals surface area contributed by atoms with E-state index >= 15 is 4.39 Å². The van der Waals surface area contributed by atoms with Gasteiger partial charge in [0, 0.05) is 35.5 Å². The molecule has 2 aromatic carbocycles. The SMILES string of the molecule is Cc1ccnc(Oc2ccc(-c3c(-c4ccc(NC(=O)C(C)(C)C)c(F)c4Cl)n(C)c4ncnc(N)c34)cc2)n1. The Kier molecular flexibility index (Phi) is 6.89. The Hall–Kier alpha value is -4.57. The van der Waals surface area contributed by atoms with Crippen molar-refractivity contribution in [2.24, 2.45) is 12.5 Å². The molecule has 0 saturated heterocycles. The van der Waals surface area contributed by atoms with E-state index in [2.05, 4.69) is 25.3 Å². The number of nitrogens with zero attached hydrogens (tertiary/aromatic N) is 5. The number of carbonyl (C=O) groups excluding carboxylic acids is 1. The first-order valence-corrected chi connectivity index (χ1v) is 12.8. The lowest BCUT2D eigenvalue weighted by atomic mass is 9.95. The molecule has 0 aliphatic heterocycles. The fraction of sp³-hybridized carbons (Fsp3) is 0.207. The van der Waals surface area contributed by atoms with Crippen molar-refractivity contribution >= 4 is 40.0 Å². The fourth-order valence-corrected chi connectivity index (χ4v) is 4.54. The first kappa shape index (κ1) is 27.0. The third-order valence-corrected chi connectivity index (χ3v) is 6.76. The zero-order valence-corrected chi connectivity index (χ0v) is 23.3. The zero-order chi connectivity index (χ0) is 28.8. The Morgan fingerprint density at radius 1 is 1.07 bits per heavy atom. The van der Waals surface area contributed by atoms with E-state index < -0.39 is 11.2 Å². The van der Waals surface area contributed by atoms with Crippen LogP contribution in [0.5, 0.6) is 11.8 Å². The summed E-state index contributed by atoms with van der Waals surface area (Å²) in [5.41, 5.74) is 9.34. The van der Waals surface area contributed by atoms with Crippen molar-refractivity contribution in [3.63, 3.8) is 0 Å². The molecule has 3 N–H and O–H groups in total. The molecule has 0 bridgehead atoms. The number of nitrogens with one attached hydrogen (secondary N) is 1. The smallest absolute Gasteiger partial charge is 0.322 e. The van der Waals surface area contributed by atoms with Gasteiger partial charge in [-0.3, -0.25) is 4.79 Å². The third kappa shape index (κ3) is 4.93. The molecule has 3 aromatic heterocycles. The van der Waals surface area contributed by atoms with Gasteiger partial charge in [-0.25, -0.2) is 24.3 Å². The quantitative estimate of drug-likeness (QED) is 0.250. The molecular formula is C29H27ClFN7O2. The van der Waals surface area contributed by atoms with Gasteiger partial charge in [-0.15, -0.1) is 0 Å². The molecule has 0 spiro atoms. The normalized spacial score (nSPS) is 11.6. The lowest BCUT2D eigenvalue weighted by Crippen LogP contribution is -2.28.